The lowest BCUT2D eigenvalue weighted by Gasteiger charge is -2.11. The van der Waals surface area contributed by atoms with Crippen LogP contribution in [0.25, 0.3) is 0 Å². The summed E-state index contributed by atoms with van der Waals surface area (Å²) in [7, 11) is 0. The van der Waals surface area contributed by atoms with Crippen molar-refractivity contribution in [3.63, 3.8) is 0 Å². The normalized spacial score (nSPS) is 22.9. The molecule has 2 rings (SSSR count). The third kappa shape index (κ3) is 3.49. The molecule has 1 unspecified atom stereocenters. The van der Waals surface area contributed by atoms with Crippen LogP contribution in [0.2, 0.25) is 5.02 Å². The van der Waals surface area contributed by atoms with Crippen molar-refractivity contribution in [2.75, 3.05) is 11.5 Å². The lowest BCUT2D eigenvalue weighted by Crippen LogP contribution is -2.10. The lowest BCUT2D eigenvalue weighted by atomic mass is 10.1. The first-order valence-corrected chi connectivity index (χ1v) is 6.88. The molecule has 0 aliphatic heterocycles. The molecule has 17 heavy (non-hydrogen) atoms. The molecule has 0 saturated heterocycles. The molecule has 1 aromatic carbocycles. The summed E-state index contributed by atoms with van der Waals surface area (Å²) in [5, 5.41) is 0.597. The second-order valence-corrected chi connectivity index (χ2v) is 5.96. The molecule has 0 spiro atoms. The van der Waals surface area contributed by atoms with Crippen LogP contribution in [0.5, 0.6) is 0 Å². The van der Waals surface area contributed by atoms with Crippen LogP contribution < -0.4 is 5.73 Å². The summed E-state index contributed by atoms with van der Waals surface area (Å²) < 4.78 is 26.0. The predicted molar refractivity (Wildman–Crippen MR) is 68.9 cm³/mol. The van der Waals surface area contributed by atoms with Gasteiger partial charge in [-0.15, -0.1) is 11.8 Å². The average Bonchev–Trinajstić information content (AvgIpc) is 2.57. The molecule has 0 radical (unpaired) electrons. The summed E-state index contributed by atoms with van der Waals surface area (Å²) in [5.74, 6) is -1.68. The summed E-state index contributed by atoms with van der Waals surface area (Å²) in [5.41, 5.74) is 6.42. The van der Waals surface area contributed by atoms with Gasteiger partial charge in [0.25, 0.3) is 0 Å². The molecule has 1 aromatic rings. The van der Waals surface area contributed by atoms with E-state index in [9.17, 15) is 8.78 Å². The Balaban J connectivity index is 1.90. The fourth-order valence-corrected chi connectivity index (χ4v) is 3.31. The van der Waals surface area contributed by atoms with Crippen molar-refractivity contribution in [2.24, 2.45) is 5.92 Å². The summed E-state index contributed by atoms with van der Waals surface area (Å²) in [4.78, 5) is 0.921. The largest absolute Gasteiger partial charge is 0.398 e. The van der Waals surface area contributed by atoms with Gasteiger partial charge >= 0.3 is 0 Å². The van der Waals surface area contributed by atoms with Gasteiger partial charge in [-0.2, -0.15) is 0 Å². The van der Waals surface area contributed by atoms with E-state index in [0.717, 1.165) is 4.90 Å². The minimum atomic E-state index is -2.46. The number of halogens is 3. The number of nitrogen functional groups attached to an aromatic ring is 1. The molecule has 5 heteroatoms. The Morgan fingerprint density at radius 2 is 2.24 bits per heavy atom. The highest BCUT2D eigenvalue weighted by Crippen LogP contribution is 2.41. The second-order valence-electron chi connectivity index (χ2n) is 4.46. The Morgan fingerprint density at radius 1 is 1.47 bits per heavy atom. The van der Waals surface area contributed by atoms with Gasteiger partial charge in [0.1, 0.15) is 0 Å². The van der Waals surface area contributed by atoms with Crippen molar-refractivity contribution >= 4 is 29.1 Å². The Morgan fingerprint density at radius 3 is 2.82 bits per heavy atom. The fraction of sp³-hybridized carbons (Fsp3) is 0.500. The molecule has 0 bridgehead atoms. The van der Waals surface area contributed by atoms with Gasteiger partial charge in [-0.25, -0.2) is 8.78 Å². The standard InChI is InChI=1S/C12H14ClF2NS/c13-9-1-2-11(10(16)5-9)17-7-8-3-4-12(14,15)6-8/h1-2,5,8H,3-4,6-7,16H2. The zero-order valence-corrected chi connectivity index (χ0v) is 10.8. The minimum Gasteiger partial charge on any atom is -0.398 e. The van der Waals surface area contributed by atoms with E-state index in [1.165, 1.54) is 11.8 Å². The van der Waals surface area contributed by atoms with Crippen LogP contribution in [0.1, 0.15) is 19.3 Å². The van der Waals surface area contributed by atoms with Crippen molar-refractivity contribution < 1.29 is 8.78 Å². The van der Waals surface area contributed by atoms with E-state index in [2.05, 4.69) is 0 Å². The molecular formula is C12H14ClF2NS. The van der Waals surface area contributed by atoms with Crippen LogP contribution in [-0.2, 0) is 0 Å². The number of hydrogen-bond acceptors (Lipinski definition) is 2. The smallest absolute Gasteiger partial charge is 0.248 e. The van der Waals surface area contributed by atoms with Gasteiger partial charge in [0.15, 0.2) is 0 Å². The van der Waals surface area contributed by atoms with Gasteiger partial charge in [0.2, 0.25) is 5.92 Å². The molecule has 1 aliphatic carbocycles. The highest BCUT2D eigenvalue weighted by molar-refractivity contribution is 7.99. The van der Waals surface area contributed by atoms with Gasteiger partial charge < -0.3 is 5.73 Å². The molecule has 0 heterocycles. The Bertz CT molecular complexity index is 411. The topological polar surface area (TPSA) is 26.0 Å². The minimum absolute atomic E-state index is 0.00744. The number of thioether (sulfide) groups is 1. The first-order chi connectivity index (χ1) is 7.96. The van der Waals surface area contributed by atoms with E-state index in [1.807, 2.05) is 6.07 Å². The molecule has 2 N–H and O–H groups in total. The Labute approximate surface area is 109 Å². The first kappa shape index (κ1) is 13.0. The molecular weight excluding hydrogens is 264 g/mol. The second kappa shape index (κ2) is 5.02. The van der Waals surface area contributed by atoms with E-state index in [-0.39, 0.29) is 18.8 Å². The van der Waals surface area contributed by atoms with Gasteiger partial charge in [0, 0.05) is 34.2 Å². The fourth-order valence-electron chi connectivity index (χ4n) is 2.04. The highest BCUT2D eigenvalue weighted by Gasteiger charge is 2.39. The van der Waals surface area contributed by atoms with Crippen LogP contribution in [0.15, 0.2) is 23.1 Å². The maximum atomic E-state index is 13.0. The zero-order valence-electron chi connectivity index (χ0n) is 9.26. The molecule has 1 nitrogen and oxygen atoms in total. The first-order valence-electron chi connectivity index (χ1n) is 5.52. The van der Waals surface area contributed by atoms with Crippen molar-refractivity contribution in [1.29, 1.82) is 0 Å². The maximum Gasteiger partial charge on any atom is 0.248 e. The number of hydrogen-bond donors (Lipinski definition) is 1. The van der Waals surface area contributed by atoms with Crippen LogP contribution in [0.3, 0.4) is 0 Å². The van der Waals surface area contributed by atoms with Gasteiger partial charge in [-0.05, 0) is 30.5 Å². The average molecular weight is 278 g/mol. The number of alkyl halides is 2. The van der Waals surface area contributed by atoms with Crippen molar-refractivity contribution in [2.45, 2.75) is 30.1 Å². The Kier molecular flexibility index (Phi) is 3.83. The van der Waals surface area contributed by atoms with Crippen molar-refractivity contribution in [1.82, 2.24) is 0 Å². The molecule has 1 atom stereocenters. The van der Waals surface area contributed by atoms with E-state index in [1.54, 1.807) is 12.1 Å². The third-order valence-corrected chi connectivity index (χ3v) is 4.51. The highest BCUT2D eigenvalue weighted by atomic mass is 35.5. The van der Waals surface area contributed by atoms with Crippen molar-refractivity contribution in [3.05, 3.63) is 23.2 Å². The van der Waals surface area contributed by atoms with E-state index >= 15 is 0 Å². The molecule has 94 valence electrons. The summed E-state index contributed by atoms with van der Waals surface area (Å²) in [6, 6.07) is 5.30. The monoisotopic (exact) mass is 277 g/mol. The summed E-state index contributed by atoms with van der Waals surface area (Å²) in [6.45, 7) is 0. The molecule has 1 fully saturated rings. The predicted octanol–water partition coefficient (Wildman–Crippen LogP) is 4.45. The quantitative estimate of drug-likeness (QED) is 0.652. The number of anilines is 1. The van der Waals surface area contributed by atoms with Gasteiger partial charge in [-0.1, -0.05) is 11.6 Å². The van der Waals surface area contributed by atoms with E-state index in [0.29, 0.717) is 22.9 Å². The molecule has 0 amide bonds. The van der Waals surface area contributed by atoms with Crippen LogP contribution >= 0.6 is 23.4 Å². The van der Waals surface area contributed by atoms with Crippen molar-refractivity contribution in [3.8, 4) is 0 Å². The summed E-state index contributed by atoms with van der Waals surface area (Å²) >= 11 is 7.33. The Hall–Kier alpha value is -0.480. The molecule has 1 saturated carbocycles. The van der Waals surface area contributed by atoms with Crippen LogP contribution in [0, 0.1) is 5.92 Å². The summed E-state index contributed by atoms with van der Waals surface area (Å²) in [6.07, 6.45) is 0.634. The van der Waals surface area contributed by atoms with Gasteiger partial charge in [0.05, 0.1) is 0 Å². The van der Waals surface area contributed by atoms with E-state index in [4.69, 9.17) is 17.3 Å². The third-order valence-electron chi connectivity index (χ3n) is 2.95. The number of benzene rings is 1. The SMILES string of the molecule is Nc1cc(Cl)ccc1SCC1CCC(F)(F)C1. The number of nitrogens with two attached hydrogens (primary N) is 1. The maximum absolute atomic E-state index is 13.0. The lowest BCUT2D eigenvalue weighted by molar-refractivity contribution is 0.00596. The number of rotatable bonds is 3. The molecule has 0 aromatic heterocycles. The zero-order chi connectivity index (χ0) is 12.5. The molecule has 1 aliphatic rings. The van der Waals surface area contributed by atoms with Crippen LogP contribution in [-0.4, -0.2) is 11.7 Å². The van der Waals surface area contributed by atoms with Gasteiger partial charge in [-0.3, -0.25) is 0 Å². The van der Waals surface area contributed by atoms with E-state index < -0.39 is 5.92 Å². The van der Waals surface area contributed by atoms with Crippen LogP contribution in [0.4, 0.5) is 14.5 Å².